The van der Waals surface area contributed by atoms with Crippen molar-refractivity contribution in [1.29, 1.82) is 0 Å². The molecule has 0 bridgehead atoms. The van der Waals surface area contributed by atoms with Crippen LogP contribution in [-0.4, -0.2) is 95.5 Å². The highest BCUT2D eigenvalue weighted by molar-refractivity contribution is 5.96. The molecule has 0 aliphatic carbocycles. The number of amides is 1. The summed E-state index contributed by atoms with van der Waals surface area (Å²) in [5.41, 5.74) is 3.76. The number of ether oxygens (including phenoxy) is 3. The van der Waals surface area contributed by atoms with Gasteiger partial charge in [0.25, 0.3) is 5.91 Å². The highest BCUT2D eigenvalue weighted by Gasteiger charge is 2.19. The van der Waals surface area contributed by atoms with Gasteiger partial charge in [-0.2, -0.15) is 0 Å². The fourth-order valence-electron chi connectivity index (χ4n) is 4.66. The van der Waals surface area contributed by atoms with E-state index >= 15 is 0 Å². The number of nitrogens with one attached hydrogen (secondary N) is 1. The molecule has 0 unspecified atom stereocenters. The van der Waals surface area contributed by atoms with Gasteiger partial charge in [0.15, 0.2) is 11.5 Å². The van der Waals surface area contributed by atoms with Gasteiger partial charge in [-0.1, -0.05) is 12.1 Å². The molecular formula is C28H40N4O4. The van der Waals surface area contributed by atoms with Crippen LogP contribution in [0.5, 0.6) is 11.5 Å². The van der Waals surface area contributed by atoms with Crippen LogP contribution in [0.3, 0.4) is 0 Å². The number of rotatable bonds is 9. The molecule has 196 valence electrons. The van der Waals surface area contributed by atoms with E-state index in [9.17, 15) is 4.79 Å². The minimum Gasteiger partial charge on any atom is -0.493 e. The SMILES string of the molecule is COc1cc([C@@H](C)NC(=O)c2cc(N3CCN(C)CC3)ccc2C)ccc1OCCN1CCOCC1. The van der Waals surface area contributed by atoms with Crippen LogP contribution >= 0.6 is 0 Å². The van der Waals surface area contributed by atoms with Crippen molar-refractivity contribution in [2.24, 2.45) is 0 Å². The Morgan fingerprint density at radius 1 is 1.03 bits per heavy atom. The number of carbonyl (C=O) groups is 1. The topological polar surface area (TPSA) is 66.5 Å². The molecule has 2 saturated heterocycles. The standard InChI is InChI=1S/C28H40N4O4/c1-21-5-7-24(32-11-9-30(3)10-12-32)20-25(21)28(33)29-22(2)23-6-8-26(27(19-23)34-4)36-18-15-31-13-16-35-17-14-31/h5-8,19-20,22H,9-18H2,1-4H3,(H,29,33)/t22-/m1/s1. The molecule has 8 nitrogen and oxygen atoms in total. The van der Waals surface area contributed by atoms with Crippen molar-refractivity contribution in [2.45, 2.75) is 19.9 Å². The average molecular weight is 497 g/mol. The lowest BCUT2D eigenvalue weighted by molar-refractivity contribution is 0.0321. The zero-order chi connectivity index (χ0) is 25.5. The maximum absolute atomic E-state index is 13.2. The molecule has 2 heterocycles. The van der Waals surface area contributed by atoms with Gasteiger partial charge >= 0.3 is 0 Å². The van der Waals surface area contributed by atoms with Gasteiger partial charge in [0.2, 0.25) is 0 Å². The van der Waals surface area contributed by atoms with Crippen LogP contribution in [0.15, 0.2) is 36.4 Å². The Hall–Kier alpha value is -2.81. The summed E-state index contributed by atoms with van der Waals surface area (Å²) in [4.78, 5) is 20.3. The van der Waals surface area contributed by atoms with Crippen molar-refractivity contribution in [2.75, 3.05) is 84.7 Å². The van der Waals surface area contributed by atoms with Crippen LogP contribution in [0.25, 0.3) is 0 Å². The van der Waals surface area contributed by atoms with Gasteiger partial charge in [-0.3, -0.25) is 9.69 Å². The number of anilines is 1. The molecule has 0 spiro atoms. The van der Waals surface area contributed by atoms with Gasteiger partial charge in [0, 0.05) is 57.1 Å². The summed E-state index contributed by atoms with van der Waals surface area (Å²) in [5.74, 6) is 1.31. The Bertz CT molecular complexity index is 1020. The molecule has 0 radical (unpaired) electrons. The second-order valence-corrected chi connectivity index (χ2v) is 9.70. The first-order valence-corrected chi connectivity index (χ1v) is 12.9. The van der Waals surface area contributed by atoms with Crippen molar-refractivity contribution in [3.63, 3.8) is 0 Å². The fourth-order valence-corrected chi connectivity index (χ4v) is 4.66. The molecule has 1 N–H and O–H groups in total. The second-order valence-electron chi connectivity index (χ2n) is 9.70. The monoisotopic (exact) mass is 496 g/mol. The third-order valence-electron chi connectivity index (χ3n) is 7.14. The van der Waals surface area contributed by atoms with E-state index in [2.05, 4.69) is 33.1 Å². The molecule has 36 heavy (non-hydrogen) atoms. The zero-order valence-corrected chi connectivity index (χ0v) is 22.1. The van der Waals surface area contributed by atoms with Crippen LogP contribution in [0.2, 0.25) is 0 Å². The maximum atomic E-state index is 13.2. The summed E-state index contributed by atoms with van der Waals surface area (Å²) in [6.45, 7) is 12.9. The Balaban J connectivity index is 1.37. The van der Waals surface area contributed by atoms with Gasteiger partial charge in [0.1, 0.15) is 6.61 Å². The molecule has 4 rings (SSSR count). The van der Waals surface area contributed by atoms with Gasteiger partial charge in [-0.05, 0) is 56.3 Å². The molecule has 2 aromatic carbocycles. The van der Waals surface area contributed by atoms with Crippen molar-refractivity contribution in [1.82, 2.24) is 15.1 Å². The van der Waals surface area contributed by atoms with E-state index in [1.807, 2.05) is 44.2 Å². The quantitative estimate of drug-likeness (QED) is 0.573. The number of hydrogen-bond acceptors (Lipinski definition) is 7. The number of piperazine rings is 1. The first kappa shape index (κ1) is 26.3. The van der Waals surface area contributed by atoms with Crippen LogP contribution in [0.1, 0.15) is 34.5 Å². The average Bonchev–Trinajstić information content (AvgIpc) is 2.90. The van der Waals surface area contributed by atoms with E-state index in [1.165, 1.54) is 0 Å². The van der Waals surface area contributed by atoms with E-state index in [-0.39, 0.29) is 11.9 Å². The van der Waals surface area contributed by atoms with E-state index in [0.717, 1.165) is 75.8 Å². The van der Waals surface area contributed by atoms with Crippen molar-refractivity contribution in [3.05, 3.63) is 53.1 Å². The third kappa shape index (κ3) is 6.69. The van der Waals surface area contributed by atoms with Gasteiger partial charge < -0.3 is 29.3 Å². The first-order valence-electron chi connectivity index (χ1n) is 12.9. The van der Waals surface area contributed by atoms with E-state index < -0.39 is 0 Å². The molecule has 0 aromatic heterocycles. The van der Waals surface area contributed by atoms with Crippen LogP contribution < -0.4 is 19.7 Å². The fraction of sp³-hybridized carbons (Fsp3) is 0.536. The lowest BCUT2D eigenvalue weighted by atomic mass is 10.0. The number of morpholine rings is 1. The molecule has 0 saturated carbocycles. The Morgan fingerprint density at radius 2 is 1.78 bits per heavy atom. The molecule has 1 amide bonds. The summed E-state index contributed by atoms with van der Waals surface area (Å²) in [6, 6.07) is 11.9. The predicted octanol–water partition coefficient (Wildman–Crippen LogP) is 2.96. The molecule has 1 atom stereocenters. The molecule has 8 heteroatoms. The largest absolute Gasteiger partial charge is 0.493 e. The van der Waals surface area contributed by atoms with Gasteiger partial charge in [-0.15, -0.1) is 0 Å². The van der Waals surface area contributed by atoms with Crippen LogP contribution in [-0.2, 0) is 4.74 Å². The van der Waals surface area contributed by atoms with E-state index in [0.29, 0.717) is 23.7 Å². The number of aryl methyl sites for hydroxylation is 1. The van der Waals surface area contributed by atoms with Gasteiger partial charge in [0.05, 0.1) is 26.4 Å². The minimum absolute atomic E-state index is 0.0687. The zero-order valence-electron chi connectivity index (χ0n) is 22.1. The number of methoxy groups -OCH3 is 1. The summed E-state index contributed by atoms with van der Waals surface area (Å²) >= 11 is 0. The second kappa shape index (κ2) is 12.4. The van der Waals surface area contributed by atoms with E-state index in [1.54, 1.807) is 7.11 Å². The lowest BCUT2D eigenvalue weighted by Crippen LogP contribution is -2.44. The Labute approximate surface area is 215 Å². The molecule has 2 aromatic rings. The normalized spacial score (nSPS) is 18.1. The first-order chi connectivity index (χ1) is 17.4. The number of carbonyl (C=O) groups excluding carboxylic acids is 1. The molecule has 2 aliphatic heterocycles. The summed E-state index contributed by atoms with van der Waals surface area (Å²) in [7, 11) is 3.79. The van der Waals surface area contributed by atoms with Crippen molar-refractivity contribution < 1.29 is 19.0 Å². The molecule has 2 aliphatic rings. The van der Waals surface area contributed by atoms with E-state index in [4.69, 9.17) is 14.2 Å². The number of likely N-dealkylation sites (N-methyl/N-ethyl adjacent to an activating group) is 1. The lowest BCUT2D eigenvalue weighted by Gasteiger charge is -2.34. The summed E-state index contributed by atoms with van der Waals surface area (Å²) in [5, 5.41) is 3.17. The number of nitrogens with zero attached hydrogens (tertiary/aromatic N) is 3. The predicted molar refractivity (Wildman–Crippen MR) is 143 cm³/mol. The highest BCUT2D eigenvalue weighted by atomic mass is 16.5. The Kier molecular flexibility index (Phi) is 9.07. The number of benzene rings is 2. The minimum atomic E-state index is -0.180. The van der Waals surface area contributed by atoms with Crippen molar-refractivity contribution in [3.8, 4) is 11.5 Å². The molecule has 2 fully saturated rings. The number of hydrogen-bond donors (Lipinski definition) is 1. The smallest absolute Gasteiger partial charge is 0.252 e. The van der Waals surface area contributed by atoms with Gasteiger partial charge in [-0.25, -0.2) is 0 Å². The molecular weight excluding hydrogens is 456 g/mol. The third-order valence-corrected chi connectivity index (χ3v) is 7.14. The Morgan fingerprint density at radius 3 is 2.50 bits per heavy atom. The maximum Gasteiger partial charge on any atom is 0.252 e. The van der Waals surface area contributed by atoms with Crippen molar-refractivity contribution >= 4 is 11.6 Å². The van der Waals surface area contributed by atoms with Crippen LogP contribution in [0, 0.1) is 6.92 Å². The highest BCUT2D eigenvalue weighted by Crippen LogP contribution is 2.31. The van der Waals surface area contributed by atoms with Crippen LogP contribution in [0.4, 0.5) is 5.69 Å². The summed E-state index contributed by atoms with van der Waals surface area (Å²) < 4.78 is 17.0. The summed E-state index contributed by atoms with van der Waals surface area (Å²) in [6.07, 6.45) is 0.